The first kappa shape index (κ1) is 22.3. The molecule has 0 unspecified atom stereocenters. The lowest BCUT2D eigenvalue weighted by Crippen LogP contribution is -2.46. The molecule has 6 nitrogen and oxygen atoms in total. The third-order valence-corrected chi connectivity index (χ3v) is 7.04. The van der Waals surface area contributed by atoms with E-state index in [2.05, 4.69) is 22.5 Å². The van der Waals surface area contributed by atoms with Crippen molar-refractivity contribution in [3.8, 4) is 0 Å². The molecule has 0 aromatic rings. The molecule has 2 rings (SSSR count). The highest BCUT2D eigenvalue weighted by atomic mass is 32.2. The number of alkyl halides is 3. The summed E-state index contributed by atoms with van der Waals surface area (Å²) in [7, 11) is -5.21. The van der Waals surface area contributed by atoms with Gasteiger partial charge < -0.3 is 10.6 Å². The number of hydrogen-bond acceptors (Lipinski definition) is 3. The van der Waals surface area contributed by atoms with Gasteiger partial charge in [-0.15, -0.1) is 0 Å². The molecule has 1 saturated heterocycles. The molecule has 0 spiro atoms. The number of rotatable bonds is 5. The number of guanidine groups is 1. The maximum atomic E-state index is 12.6. The van der Waals surface area contributed by atoms with E-state index >= 15 is 0 Å². The van der Waals surface area contributed by atoms with Gasteiger partial charge in [-0.1, -0.05) is 6.92 Å². The smallest absolute Gasteiger partial charge is 0.357 e. The Morgan fingerprint density at radius 1 is 1.11 bits per heavy atom. The van der Waals surface area contributed by atoms with Crippen molar-refractivity contribution in [2.45, 2.75) is 63.9 Å². The maximum absolute atomic E-state index is 12.6. The Bertz CT molecular complexity index is 594. The van der Waals surface area contributed by atoms with Crippen molar-refractivity contribution in [1.82, 2.24) is 14.9 Å². The fourth-order valence-electron chi connectivity index (χ4n) is 3.62. The second-order valence-electron chi connectivity index (χ2n) is 7.61. The minimum absolute atomic E-state index is 0.0894. The molecule has 10 heteroatoms. The molecule has 1 aliphatic heterocycles. The summed E-state index contributed by atoms with van der Waals surface area (Å²) in [4.78, 5) is 4.59. The Balaban J connectivity index is 1.85. The molecule has 2 aliphatic rings. The van der Waals surface area contributed by atoms with Crippen molar-refractivity contribution >= 4 is 16.0 Å². The summed E-state index contributed by atoms with van der Waals surface area (Å²) in [5.41, 5.74) is -5.22. The highest BCUT2D eigenvalue weighted by molar-refractivity contribution is 7.90. The van der Waals surface area contributed by atoms with Crippen molar-refractivity contribution in [3.05, 3.63) is 0 Å². The van der Waals surface area contributed by atoms with Crippen LogP contribution in [0.25, 0.3) is 0 Å². The zero-order valence-corrected chi connectivity index (χ0v) is 16.9. The number of halogens is 3. The SMILES string of the molecule is CCNC(=NCC1CCN(S(=O)(=O)C(F)(F)F)CC1)NC1CCC(C)CC1. The standard InChI is InChI=1S/C17H31F3N4O2S/c1-3-21-16(23-15-6-4-13(2)5-7-15)22-12-14-8-10-24(11-9-14)27(25,26)17(18,19)20/h13-15H,3-12H2,1-2H3,(H2,21,22,23). The Kier molecular flexibility index (Phi) is 7.79. The van der Waals surface area contributed by atoms with Gasteiger partial charge in [0.1, 0.15) is 0 Å². The van der Waals surface area contributed by atoms with Crippen molar-refractivity contribution in [3.63, 3.8) is 0 Å². The van der Waals surface area contributed by atoms with Crippen LogP contribution >= 0.6 is 0 Å². The van der Waals surface area contributed by atoms with E-state index in [0.29, 0.717) is 29.7 Å². The summed E-state index contributed by atoms with van der Waals surface area (Å²) in [6.45, 7) is 5.26. The summed E-state index contributed by atoms with van der Waals surface area (Å²) in [5, 5.41) is 6.67. The highest BCUT2D eigenvalue weighted by Crippen LogP contribution is 2.30. The zero-order chi connectivity index (χ0) is 20.1. The number of aliphatic imine (C=N–C) groups is 1. The van der Waals surface area contributed by atoms with E-state index in [1.807, 2.05) is 6.92 Å². The molecule has 1 saturated carbocycles. The summed E-state index contributed by atoms with van der Waals surface area (Å²) in [6.07, 6.45) is 5.39. The molecule has 0 bridgehead atoms. The number of nitrogens with one attached hydrogen (secondary N) is 2. The quantitative estimate of drug-likeness (QED) is 0.538. The van der Waals surface area contributed by atoms with Crippen molar-refractivity contribution < 1.29 is 21.6 Å². The third kappa shape index (κ3) is 6.23. The van der Waals surface area contributed by atoms with E-state index in [4.69, 9.17) is 0 Å². The number of sulfonamides is 1. The molecule has 158 valence electrons. The summed E-state index contributed by atoms with van der Waals surface area (Å²) < 4.78 is 61.4. The molecule has 0 radical (unpaired) electrons. The minimum Gasteiger partial charge on any atom is -0.357 e. The normalized spacial score (nSPS) is 26.8. The van der Waals surface area contributed by atoms with Crippen LogP contribution in [0.2, 0.25) is 0 Å². The van der Waals surface area contributed by atoms with Crippen molar-refractivity contribution in [1.29, 1.82) is 0 Å². The van der Waals surface area contributed by atoms with Crippen LogP contribution in [0.5, 0.6) is 0 Å². The molecule has 27 heavy (non-hydrogen) atoms. The Morgan fingerprint density at radius 2 is 1.70 bits per heavy atom. The van der Waals surface area contributed by atoms with Gasteiger partial charge in [-0.2, -0.15) is 17.5 Å². The fraction of sp³-hybridized carbons (Fsp3) is 0.941. The molecule has 0 atom stereocenters. The largest absolute Gasteiger partial charge is 0.511 e. The topological polar surface area (TPSA) is 73.8 Å². The monoisotopic (exact) mass is 412 g/mol. The second kappa shape index (κ2) is 9.45. The number of hydrogen-bond donors (Lipinski definition) is 2. The molecular formula is C17H31F3N4O2S. The molecule has 1 aliphatic carbocycles. The van der Waals surface area contributed by atoms with Crippen LogP contribution in [-0.4, -0.2) is 56.4 Å². The average molecular weight is 413 g/mol. The first-order valence-corrected chi connectivity index (χ1v) is 11.2. The molecule has 0 aromatic heterocycles. The summed E-state index contributed by atoms with van der Waals surface area (Å²) in [6, 6.07) is 0.401. The Hall–Kier alpha value is -1.03. The van der Waals surface area contributed by atoms with Gasteiger partial charge in [-0.05, 0) is 57.3 Å². The van der Waals surface area contributed by atoms with Crippen LogP contribution in [0.4, 0.5) is 13.2 Å². The molecule has 1 heterocycles. The van der Waals surface area contributed by atoms with Gasteiger partial charge in [0, 0.05) is 32.2 Å². The van der Waals surface area contributed by atoms with E-state index in [1.54, 1.807) is 0 Å². The van der Waals surface area contributed by atoms with Crippen LogP contribution in [-0.2, 0) is 10.0 Å². The van der Waals surface area contributed by atoms with Gasteiger partial charge in [0.2, 0.25) is 0 Å². The lowest BCUT2D eigenvalue weighted by molar-refractivity contribution is -0.0496. The second-order valence-corrected chi connectivity index (χ2v) is 9.54. The average Bonchev–Trinajstić information content (AvgIpc) is 2.61. The zero-order valence-electron chi connectivity index (χ0n) is 16.1. The van der Waals surface area contributed by atoms with Gasteiger partial charge >= 0.3 is 15.5 Å². The summed E-state index contributed by atoms with van der Waals surface area (Å²) >= 11 is 0. The van der Waals surface area contributed by atoms with Gasteiger partial charge in [-0.3, -0.25) is 4.99 Å². The maximum Gasteiger partial charge on any atom is 0.511 e. The van der Waals surface area contributed by atoms with Crippen LogP contribution in [0, 0.1) is 11.8 Å². The lowest BCUT2D eigenvalue weighted by atomic mass is 9.87. The van der Waals surface area contributed by atoms with E-state index < -0.39 is 15.5 Å². The van der Waals surface area contributed by atoms with Crippen LogP contribution in [0.3, 0.4) is 0 Å². The molecule has 2 N–H and O–H groups in total. The Labute approximate surface area is 160 Å². The predicted octanol–water partition coefficient (Wildman–Crippen LogP) is 2.68. The van der Waals surface area contributed by atoms with Gasteiger partial charge in [0.25, 0.3) is 0 Å². The number of piperidine rings is 1. The predicted molar refractivity (Wildman–Crippen MR) is 99.8 cm³/mol. The van der Waals surface area contributed by atoms with Crippen LogP contribution < -0.4 is 10.6 Å². The fourth-order valence-corrected chi connectivity index (χ4v) is 4.60. The molecular weight excluding hydrogens is 381 g/mol. The highest BCUT2D eigenvalue weighted by Gasteiger charge is 2.50. The van der Waals surface area contributed by atoms with Gasteiger partial charge in [0.15, 0.2) is 5.96 Å². The van der Waals surface area contributed by atoms with E-state index in [9.17, 15) is 21.6 Å². The van der Waals surface area contributed by atoms with E-state index in [-0.39, 0.29) is 19.0 Å². The van der Waals surface area contributed by atoms with Gasteiger partial charge in [-0.25, -0.2) is 8.42 Å². The van der Waals surface area contributed by atoms with Crippen LogP contribution in [0.1, 0.15) is 52.4 Å². The van der Waals surface area contributed by atoms with Gasteiger partial charge in [0.05, 0.1) is 0 Å². The minimum atomic E-state index is -5.22. The molecule has 0 aromatic carbocycles. The molecule has 0 amide bonds. The van der Waals surface area contributed by atoms with E-state index in [0.717, 1.165) is 31.3 Å². The number of nitrogens with zero attached hydrogens (tertiary/aromatic N) is 2. The summed E-state index contributed by atoms with van der Waals surface area (Å²) in [5.74, 6) is 1.59. The molecule has 2 fully saturated rings. The van der Waals surface area contributed by atoms with E-state index in [1.165, 1.54) is 12.8 Å². The third-order valence-electron chi connectivity index (χ3n) is 5.41. The first-order valence-electron chi connectivity index (χ1n) is 9.74. The lowest BCUT2D eigenvalue weighted by Gasteiger charge is -2.31. The first-order chi connectivity index (χ1) is 12.6. The Morgan fingerprint density at radius 3 is 2.22 bits per heavy atom. The van der Waals surface area contributed by atoms with Crippen LogP contribution in [0.15, 0.2) is 4.99 Å². The van der Waals surface area contributed by atoms with Crippen molar-refractivity contribution in [2.75, 3.05) is 26.2 Å². The van der Waals surface area contributed by atoms with Crippen molar-refractivity contribution in [2.24, 2.45) is 16.8 Å².